The van der Waals surface area contributed by atoms with Crippen LogP contribution in [-0.4, -0.2) is 56.0 Å². The van der Waals surface area contributed by atoms with E-state index in [0.717, 1.165) is 28.0 Å². The number of nitrogens with zero attached hydrogens (tertiary/aromatic N) is 3. The van der Waals surface area contributed by atoms with E-state index in [1.165, 1.54) is 45.2 Å². The van der Waals surface area contributed by atoms with Gasteiger partial charge in [-0.1, -0.05) is 185 Å². The third kappa shape index (κ3) is 17.4. The molecule has 0 radical (unpaired) electrons. The predicted molar refractivity (Wildman–Crippen MR) is 306 cm³/mol. The first-order valence-corrected chi connectivity index (χ1v) is 26.1. The Morgan fingerprint density at radius 2 is 1.17 bits per heavy atom. The molecule has 1 saturated heterocycles. The summed E-state index contributed by atoms with van der Waals surface area (Å²) >= 11 is 5.87. The second-order valence-electron chi connectivity index (χ2n) is 21.7. The molecule has 0 bridgehead atoms. The van der Waals surface area contributed by atoms with Gasteiger partial charge in [0.05, 0.1) is 23.9 Å². The number of cyclic esters (lactones) is 1. The van der Waals surface area contributed by atoms with E-state index in [1.54, 1.807) is 36.4 Å². The monoisotopic (exact) mass is 1070 g/mol. The van der Waals surface area contributed by atoms with E-state index in [2.05, 4.69) is 116 Å². The van der Waals surface area contributed by atoms with E-state index in [1.807, 2.05) is 54.6 Å². The average molecular weight is 1070 g/mol. The molecule has 0 saturated carbocycles. The van der Waals surface area contributed by atoms with Crippen molar-refractivity contribution in [2.45, 2.75) is 156 Å². The molecule has 5 aromatic carbocycles. The van der Waals surface area contributed by atoms with Crippen LogP contribution < -0.4 is 4.74 Å². The first-order valence-electron chi connectivity index (χ1n) is 25.5. The molecule has 77 heavy (non-hydrogen) atoms. The number of imide groups is 1. The summed E-state index contributed by atoms with van der Waals surface area (Å²) in [6, 6.07) is 40.0. The van der Waals surface area contributed by atoms with Gasteiger partial charge in [0.1, 0.15) is 37.2 Å². The number of phenols is 1. The topological polar surface area (TPSA) is 165 Å². The van der Waals surface area contributed by atoms with Gasteiger partial charge in [-0.2, -0.15) is 0 Å². The number of halogens is 1. The number of alkyl halides is 1. The standard InChI is InChI=1S/C26H31NO4.C22H20N2O5.C14H21Cl.2CH4/c1-17(2)21-14-18(6-11-23(21)26(3,4)5)16-30-20-9-7-19(8-10-20)22(15-25(28)29)24-12-13-31-27-24;25-18-8-6-16(7-9-18)19(20-10-11-29-23-20)13-21(26)24-17(14-28-22(24)27)12-15-4-2-1-3-5-15;1-10(2)12-8-11(9-15)6-7-13(12)14(3,4)5;;/h6-14,17,22H,15-16H2,1-5H3,(H,28,29);1-11,17,19,25H,12-14H2;6-8,10H,9H2,1-5H3;2*1H4/t22-;17-,19-;;;/m00.../s1. The van der Waals surface area contributed by atoms with Crippen LogP contribution in [0.4, 0.5) is 4.79 Å². The number of amides is 2. The van der Waals surface area contributed by atoms with Crippen LogP contribution in [0, 0.1) is 0 Å². The quantitative estimate of drug-likeness (QED) is 0.0885. The lowest BCUT2D eigenvalue weighted by Crippen LogP contribution is -2.40. The Morgan fingerprint density at radius 1 is 0.675 bits per heavy atom. The number of carbonyl (C=O) groups is 3. The summed E-state index contributed by atoms with van der Waals surface area (Å²) < 4.78 is 21.0. The second-order valence-corrected chi connectivity index (χ2v) is 21.9. The summed E-state index contributed by atoms with van der Waals surface area (Å²) in [7, 11) is 0. The maximum Gasteiger partial charge on any atom is 0.416 e. The van der Waals surface area contributed by atoms with Gasteiger partial charge >= 0.3 is 12.1 Å². The van der Waals surface area contributed by atoms with Crippen LogP contribution in [0.15, 0.2) is 149 Å². The van der Waals surface area contributed by atoms with Crippen molar-refractivity contribution in [2.75, 3.05) is 6.61 Å². The fourth-order valence-corrected chi connectivity index (χ4v) is 9.39. The zero-order valence-corrected chi connectivity index (χ0v) is 45.6. The average Bonchev–Trinajstić information content (AvgIpc) is 4.19. The molecule has 412 valence electrons. The van der Waals surface area contributed by atoms with Gasteiger partial charge in [-0.25, -0.2) is 9.69 Å². The SMILES string of the molecule is C.C.CC(C)c1cc(CCl)ccc1C(C)(C)C.CC(C)c1cc(COc2ccc([C@H](CC(=O)O)c3ccon3)cc2)ccc1C(C)(C)C.O=C(C[C@@H](c1ccc(O)cc1)c1ccon1)N1C(=O)OC[C@@H]1Cc1ccccc1. The number of aromatic nitrogens is 2. The second kappa shape index (κ2) is 28.3. The molecule has 2 N–H and O–H groups in total. The Hall–Kier alpha value is -7.18. The normalized spacial score (nSPS) is 14.0. The van der Waals surface area contributed by atoms with Gasteiger partial charge in [0.25, 0.3) is 0 Å². The van der Waals surface area contributed by atoms with Crippen LogP contribution in [-0.2, 0) is 44.1 Å². The van der Waals surface area contributed by atoms with Gasteiger partial charge < -0.3 is 28.7 Å². The largest absolute Gasteiger partial charge is 0.508 e. The first-order chi connectivity index (χ1) is 35.6. The number of hydrogen-bond acceptors (Lipinski definition) is 10. The molecule has 12 nitrogen and oxygen atoms in total. The fraction of sp³-hybridized carbons (Fsp3) is 0.391. The molecule has 1 aliphatic heterocycles. The number of carboxylic acids is 1. The predicted octanol–water partition coefficient (Wildman–Crippen LogP) is 15.9. The summed E-state index contributed by atoms with van der Waals surface area (Å²) in [5.74, 6) is 0.482. The lowest BCUT2D eigenvalue weighted by Gasteiger charge is -2.25. The van der Waals surface area contributed by atoms with E-state index in [-0.39, 0.29) is 68.7 Å². The van der Waals surface area contributed by atoms with Crippen LogP contribution in [0.5, 0.6) is 11.5 Å². The smallest absolute Gasteiger partial charge is 0.416 e. The van der Waals surface area contributed by atoms with Crippen molar-refractivity contribution in [2.24, 2.45) is 0 Å². The van der Waals surface area contributed by atoms with Crippen molar-refractivity contribution in [1.29, 1.82) is 0 Å². The molecular formula is C64H80ClN3O9. The Bertz CT molecular complexity index is 2910. The maximum atomic E-state index is 13.1. The minimum absolute atomic E-state index is 0. The lowest BCUT2D eigenvalue weighted by molar-refractivity contribution is -0.137. The molecular weight excluding hydrogens is 990 g/mol. The number of hydrogen-bond donors (Lipinski definition) is 2. The van der Waals surface area contributed by atoms with Gasteiger partial charge in [0.15, 0.2) is 0 Å². The molecule has 7 aromatic rings. The van der Waals surface area contributed by atoms with Crippen LogP contribution in [0.3, 0.4) is 0 Å². The van der Waals surface area contributed by atoms with Crippen molar-refractivity contribution in [3.8, 4) is 11.5 Å². The molecule has 2 aromatic heterocycles. The van der Waals surface area contributed by atoms with Crippen LogP contribution in [0.1, 0.15) is 182 Å². The lowest BCUT2D eigenvalue weighted by atomic mass is 9.80. The molecule has 1 fully saturated rings. The number of phenolic OH excluding ortho intramolecular Hbond substituents is 1. The summed E-state index contributed by atoms with van der Waals surface area (Å²) in [4.78, 5) is 37.9. The Labute approximate surface area is 461 Å². The number of ether oxygens (including phenoxy) is 2. The highest BCUT2D eigenvalue weighted by molar-refractivity contribution is 6.17. The number of carbonyl (C=O) groups excluding carboxylic acids is 2. The highest BCUT2D eigenvalue weighted by Gasteiger charge is 2.39. The van der Waals surface area contributed by atoms with Crippen molar-refractivity contribution < 1.29 is 43.1 Å². The number of rotatable bonds is 16. The third-order valence-corrected chi connectivity index (χ3v) is 13.5. The molecule has 0 spiro atoms. The highest BCUT2D eigenvalue weighted by Crippen LogP contribution is 2.35. The summed E-state index contributed by atoms with van der Waals surface area (Å²) in [6.45, 7) is 23.1. The minimum atomic E-state index is -0.881. The van der Waals surface area contributed by atoms with E-state index in [0.29, 0.717) is 42.1 Å². The zero-order valence-electron chi connectivity index (χ0n) is 44.9. The van der Waals surface area contributed by atoms with Crippen molar-refractivity contribution >= 4 is 29.6 Å². The number of carboxylic acid groups (broad SMARTS) is 1. The van der Waals surface area contributed by atoms with Gasteiger partial charge in [-0.3, -0.25) is 9.59 Å². The molecule has 3 atom stereocenters. The molecule has 8 rings (SSSR count). The number of aromatic hydroxyl groups is 1. The van der Waals surface area contributed by atoms with E-state index < -0.39 is 18.0 Å². The van der Waals surface area contributed by atoms with Gasteiger partial charge in [0, 0.05) is 36.3 Å². The van der Waals surface area contributed by atoms with Gasteiger partial charge in [-0.05, 0) is 103 Å². The summed E-state index contributed by atoms with van der Waals surface area (Å²) in [5, 5.41) is 26.7. The molecule has 13 heteroatoms. The molecule has 2 amide bonds. The Kier molecular flexibility index (Phi) is 22.9. The van der Waals surface area contributed by atoms with E-state index >= 15 is 0 Å². The number of benzene rings is 5. The maximum absolute atomic E-state index is 13.1. The van der Waals surface area contributed by atoms with Crippen molar-refractivity contribution in [3.63, 3.8) is 0 Å². The number of aliphatic carboxylic acids is 1. The Morgan fingerprint density at radius 3 is 1.64 bits per heavy atom. The first kappa shape index (κ1) is 62.4. The molecule has 0 unspecified atom stereocenters. The van der Waals surface area contributed by atoms with E-state index in [4.69, 9.17) is 30.1 Å². The zero-order chi connectivity index (χ0) is 54.5. The summed E-state index contributed by atoms with van der Waals surface area (Å²) in [5.41, 5.74) is 12.1. The van der Waals surface area contributed by atoms with E-state index in [9.17, 15) is 24.6 Å². The van der Waals surface area contributed by atoms with Crippen molar-refractivity contribution in [1.82, 2.24) is 15.2 Å². The van der Waals surface area contributed by atoms with Crippen molar-refractivity contribution in [3.05, 3.63) is 201 Å². The van der Waals surface area contributed by atoms with Crippen LogP contribution >= 0.6 is 11.6 Å². The Balaban J connectivity index is 0.000000260. The summed E-state index contributed by atoms with van der Waals surface area (Å²) in [6.07, 6.45) is 2.78. The van der Waals surface area contributed by atoms with Crippen LogP contribution in [0.25, 0.3) is 0 Å². The third-order valence-electron chi connectivity index (χ3n) is 13.2. The molecule has 1 aliphatic rings. The van der Waals surface area contributed by atoms with Gasteiger partial charge in [0.2, 0.25) is 5.91 Å². The molecule has 0 aliphatic carbocycles. The highest BCUT2D eigenvalue weighted by atomic mass is 35.5. The van der Waals surface area contributed by atoms with Gasteiger partial charge in [-0.15, -0.1) is 11.6 Å². The van der Waals surface area contributed by atoms with Crippen LogP contribution in [0.2, 0.25) is 0 Å². The minimum Gasteiger partial charge on any atom is -0.508 e. The molecule has 3 heterocycles. The fourth-order valence-electron chi connectivity index (χ4n) is 9.23.